The van der Waals surface area contributed by atoms with Crippen LogP contribution in [0.2, 0.25) is 0 Å². The third-order valence-corrected chi connectivity index (χ3v) is 4.10. The molecule has 2 heterocycles. The second-order valence-corrected chi connectivity index (χ2v) is 5.51. The van der Waals surface area contributed by atoms with Crippen molar-refractivity contribution in [2.45, 2.75) is 33.3 Å². The van der Waals surface area contributed by atoms with Gasteiger partial charge in [-0.15, -0.1) is 0 Å². The van der Waals surface area contributed by atoms with Crippen LogP contribution in [0, 0.1) is 13.8 Å². The first-order valence-corrected chi connectivity index (χ1v) is 7.46. The molecule has 0 amide bonds. The Labute approximate surface area is 125 Å². The molecule has 1 fully saturated rings. The highest BCUT2D eigenvalue weighted by Gasteiger charge is 2.31. The van der Waals surface area contributed by atoms with Gasteiger partial charge < -0.3 is 9.64 Å². The first-order valence-electron chi connectivity index (χ1n) is 7.46. The number of hydrogen-bond acceptors (Lipinski definition) is 4. The SMILES string of the molecule is CCc1ccccc1OC1CN(c2ncnc(C)c2C)C1. The highest BCUT2D eigenvalue weighted by molar-refractivity contribution is 5.50. The molecular weight excluding hydrogens is 262 g/mol. The van der Waals surface area contributed by atoms with Crippen molar-refractivity contribution in [1.82, 2.24) is 9.97 Å². The first-order chi connectivity index (χ1) is 10.2. The van der Waals surface area contributed by atoms with Gasteiger partial charge in [0.15, 0.2) is 0 Å². The first kappa shape index (κ1) is 13.9. The number of aromatic nitrogens is 2. The summed E-state index contributed by atoms with van der Waals surface area (Å²) in [6.45, 7) is 8.02. The molecule has 0 aliphatic carbocycles. The van der Waals surface area contributed by atoms with Crippen molar-refractivity contribution in [3.05, 3.63) is 47.4 Å². The van der Waals surface area contributed by atoms with Crippen LogP contribution in [0.1, 0.15) is 23.7 Å². The van der Waals surface area contributed by atoms with Crippen LogP contribution in [0.25, 0.3) is 0 Å². The summed E-state index contributed by atoms with van der Waals surface area (Å²) in [7, 11) is 0. The molecule has 4 nitrogen and oxygen atoms in total. The summed E-state index contributed by atoms with van der Waals surface area (Å²) >= 11 is 0. The highest BCUT2D eigenvalue weighted by atomic mass is 16.5. The van der Waals surface area contributed by atoms with Crippen molar-refractivity contribution in [2.24, 2.45) is 0 Å². The summed E-state index contributed by atoms with van der Waals surface area (Å²) < 4.78 is 6.11. The molecule has 0 atom stereocenters. The fraction of sp³-hybridized carbons (Fsp3) is 0.412. The van der Waals surface area contributed by atoms with Crippen LogP contribution in [-0.2, 0) is 6.42 Å². The molecule has 1 aromatic heterocycles. The zero-order chi connectivity index (χ0) is 14.8. The molecule has 0 spiro atoms. The third kappa shape index (κ3) is 2.71. The molecule has 3 rings (SSSR count). The van der Waals surface area contributed by atoms with Crippen molar-refractivity contribution >= 4 is 5.82 Å². The van der Waals surface area contributed by atoms with Crippen LogP contribution in [0.3, 0.4) is 0 Å². The van der Waals surface area contributed by atoms with Crippen molar-refractivity contribution in [3.63, 3.8) is 0 Å². The summed E-state index contributed by atoms with van der Waals surface area (Å²) in [4.78, 5) is 10.9. The highest BCUT2D eigenvalue weighted by Crippen LogP contribution is 2.27. The van der Waals surface area contributed by atoms with Gasteiger partial charge in [0.2, 0.25) is 0 Å². The van der Waals surface area contributed by atoms with E-state index in [2.05, 4.69) is 46.9 Å². The summed E-state index contributed by atoms with van der Waals surface area (Å²) in [5.74, 6) is 2.05. The maximum atomic E-state index is 6.11. The monoisotopic (exact) mass is 283 g/mol. The molecule has 0 radical (unpaired) electrons. The Balaban J connectivity index is 1.65. The number of rotatable bonds is 4. The van der Waals surface area contributed by atoms with Crippen molar-refractivity contribution < 1.29 is 4.74 Å². The van der Waals surface area contributed by atoms with Crippen molar-refractivity contribution in [2.75, 3.05) is 18.0 Å². The lowest BCUT2D eigenvalue weighted by Crippen LogP contribution is -2.54. The molecule has 1 aliphatic heterocycles. The van der Waals surface area contributed by atoms with E-state index < -0.39 is 0 Å². The lowest BCUT2D eigenvalue weighted by Gasteiger charge is -2.40. The van der Waals surface area contributed by atoms with Gasteiger partial charge in [0.25, 0.3) is 0 Å². The van der Waals surface area contributed by atoms with E-state index in [9.17, 15) is 0 Å². The predicted octanol–water partition coefficient (Wildman–Crippen LogP) is 2.92. The minimum atomic E-state index is 0.243. The van der Waals surface area contributed by atoms with E-state index in [0.29, 0.717) is 0 Å². The molecule has 0 N–H and O–H groups in total. The van der Waals surface area contributed by atoms with Gasteiger partial charge in [-0.05, 0) is 31.9 Å². The number of aryl methyl sites for hydroxylation is 2. The van der Waals surface area contributed by atoms with Crippen molar-refractivity contribution in [3.8, 4) is 5.75 Å². The molecule has 1 aromatic carbocycles. The standard InChI is InChI=1S/C17H21N3O/c1-4-14-7-5-6-8-16(14)21-15-9-20(10-15)17-12(2)13(3)18-11-19-17/h5-8,11,15H,4,9-10H2,1-3H3. The molecule has 1 saturated heterocycles. The van der Waals surface area contributed by atoms with Crippen LogP contribution >= 0.6 is 0 Å². The average molecular weight is 283 g/mol. The quantitative estimate of drug-likeness (QED) is 0.864. The van der Waals surface area contributed by atoms with Gasteiger partial charge in [-0.2, -0.15) is 0 Å². The Morgan fingerprint density at radius 1 is 1.19 bits per heavy atom. The fourth-order valence-electron chi connectivity index (χ4n) is 2.62. The van der Waals surface area contributed by atoms with E-state index in [1.807, 2.05) is 13.0 Å². The Kier molecular flexibility index (Phi) is 3.78. The maximum Gasteiger partial charge on any atom is 0.135 e. The lowest BCUT2D eigenvalue weighted by molar-refractivity contribution is 0.165. The van der Waals surface area contributed by atoms with Crippen LogP contribution < -0.4 is 9.64 Å². The van der Waals surface area contributed by atoms with Crippen LogP contribution in [-0.4, -0.2) is 29.2 Å². The summed E-state index contributed by atoms with van der Waals surface area (Å²) in [5, 5.41) is 0. The molecule has 110 valence electrons. The van der Waals surface area contributed by atoms with E-state index >= 15 is 0 Å². The topological polar surface area (TPSA) is 38.2 Å². The van der Waals surface area contributed by atoms with Gasteiger partial charge in [-0.25, -0.2) is 9.97 Å². The molecule has 0 saturated carbocycles. The molecule has 0 bridgehead atoms. The van der Waals surface area contributed by atoms with Gasteiger partial charge >= 0.3 is 0 Å². The Bertz CT molecular complexity index is 636. The van der Waals surface area contributed by atoms with E-state index in [1.54, 1.807) is 6.33 Å². The minimum Gasteiger partial charge on any atom is -0.486 e. The fourth-order valence-corrected chi connectivity index (χ4v) is 2.62. The number of para-hydroxylation sites is 1. The van der Waals surface area contributed by atoms with Gasteiger partial charge in [0.1, 0.15) is 24.0 Å². The number of hydrogen-bond donors (Lipinski definition) is 0. The van der Waals surface area contributed by atoms with Crippen LogP contribution in [0.5, 0.6) is 5.75 Å². The molecule has 21 heavy (non-hydrogen) atoms. The van der Waals surface area contributed by atoms with Crippen LogP contribution in [0.15, 0.2) is 30.6 Å². The third-order valence-electron chi connectivity index (χ3n) is 4.10. The summed E-state index contributed by atoms with van der Waals surface area (Å²) in [6, 6.07) is 8.28. The Morgan fingerprint density at radius 3 is 2.71 bits per heavy atom. The number of ether oxygens (including phenoxy) is 1. The zero-order valence-corrected chi connectivity index (χ0v) is 12.8. The van der Waals surface area contributed by atoms with Gasteiger partial charge in [0, 0.05) is 11.3 Å². The Morgan fingerprint density at radius 2 is 1.95 bits per heavy atom. The van der Waals surface area contributed by atoms with E-state index in [-0.39, 0.29) is 6.10 Å². The van der Waals surface area contributed by atoms with E-state index in [1.165, 1.54) is 5.56 Å². The second-order valence-electron chi connectivity index (χ2n) is 5.51. The second kappa shape index (κ2) is 5.72. The number of anilines is 1. The molecule has 2 aromatic rings. The lowest BCUT2D eigenvalue weighted by atomic mass is 10.1. The normalized spacial score (nSPS) is 14.9. The van der Waals surface area contributed by atoms with Gasteiger partial charge in [0.05, 0.1) is 13.1 Å². The minimum absolute atomic E-state index is 0.243. The number of benzene rings is 1. The molecule has 0 unspecified atom stereocenters. The number of nitrogens with zero attached hydrogens (tertiary/aromatic N) is 3. The largest absolute Gasteiger partial charge is 0.486 e. The van der Waals surface area contributed by atoms with Gasteiger partial charge in [-0.3, -0.25) is 0 Å². The Hall–Kier alpha value is -2.10. The summed E-state index contributed by atoms with van der Waals surface area (Å²) in [5.41, 5.74) is 3.47. The van der Waals surface area contributed by atoms with Crippen LogP contribution in [0.4, 0.5) is 5.82 Å². The molecular formula is C17H21N3O. The van der Waals surface area contributed by atoms with E-state index in [4.69, 9.17) is 4.74 Å². The molecule has 1 aliphatic rings. The van der Waals surface area contributed by atoms with Gasteiger partial charge in [-0.1, -0.05) is 25.1 Å². The summed E-state index contributed by atoms with van der Waals surface area (Å²) in [6.07, 6.45) is 2.88. The zero-order valence-electron chi connectivity index (χ0n) is 12.8. The maximum absolute atomic E-state index is 6.11. The van der Waals surface area contributed by atoms with E-state index in [0.717, 1.165) is 42.3 Å². The predicted molar refractivity (Wildman–Crippen MR) is 84.0 cm³/mol. The van der Waals surface area contributed by atoms with Crippen molar-refractivity contribution in [1.29, 1.82) is 0 Å². The smallest absolute Gasteiger partial charge is 0.135 e. The molecule has 4 heteroatoms. The average Bonchev–Trinajstić information content (AvgIpc) is 2.46.